The van der Waals surface area contributed by atoms with Crippen LogP contribution in [-0.4, -0.2) is 24.5 Å². The number of carbonyl (C=O) groups is 1. The fraction of sp³-hybridized carbons (Fsp3) is 0.278. The number of alkyl halides is 3. The largest absolute Gasteiger partial charge is 0.416 e. The molecule has 0 radical (unpaired) electrons. The lowest BCUT2D eigenvalue weighted by molar-refractivity contribution is -0.138. The lowest BCUT2D eigenvalue weighted by atomic mass is 10.1. The predicted molar refractivity (Wildman–Crippen MR) is 94.2 cm³/mol. The summed E-state index contributed by atoms with van der Waals surface area (Å²) < 4.78 is 40.0. The molecule has 0 aliphatic rings. The standard InChI is InChI=1S/C18H18BrF3N2O/c1-24(12-14-7-2-4-8-15(14)18(20,21)22)17(25)23-11-10-13-6-3-5-9-16(13)19/h2-9H,10-12H2,1H3,(H,23,25). The first-order valence-corrected chi connectivity index (χ1v) is 8.46. The third-order valence-corrected chi connectivity index (χ3v) is 4.48. The van der Waals surface area contributed by atoms with E-state index in [4.69, 9.17) is 0 Å². The van der Waals surface area contributed by atoms with Crippen LogP contribution in [0.15, 0.2) is 53.0 Å². The molecule has 0 fully saturated rings. The Morgan fingerprint density at radius 2 is 1.68 bits per heavy atom. The maximum absolute atomic E-state index is 13.0. The van der Waals surface area contributed by atoms with Crippen molar-refractivity contribution in [2.75, 3.05) is 13.6 Å². The van der Waals surface area contributed by atoms with Crippen molar-refractivity contribution in [1.82, 2.24) is 10.2 Å². The number of nitrogens with zero attached hydrogens (tertiary/aromatic N) is 1. The van der Waals surface area contributed by atoms with Gasteiger partial charge in [0.25, 0.3) is 0 Å². The number of halogens is 4. The van der Waals surface area contributed by atoms with E-state index in [1.54, 1.807) is 0 Å². The van der Waals surface area contributed by atoms with E-state index in [2.05, 4.69) is 21.2 Å². The third-order valence-electron chi connectivity index (χ3n) is 3.71. The van der Waals surface area contributed by atoms with Gasteiger partial charge in [-0.05, 0) is 29.7 Å². The van der Waals surface area contributed by atoms with Crippen molar-refractivity contribution in [3.05, 3.63) is 69.7 Å². The van der Waals surface area contributed by atoms with E-state index < -0.39 is 17.8 Å². The van der Waals surface area contributed by atoms with Crippen LogP contribution in [0, 0.1) is 0 Å². The molecule has 134 valence electrons. The van der Waals surface area contributed by atoms with Crippen LogP contribution in [0.5, 0.6) is 0 Å². The Morgan fingerprint density at radius 1 is 1.08 bits per heavy atom. The number of hydrogen-bond acceptors (Lipinski definition) is 1. The highest BCUT2D eigenvalue weighted by Gasteiger charge is 2.33. The van der Waals surface area contributed by atoms with E-state index in [0.29, 0.717) is 13.0 Å². The van der Waals surface area contributed by atoms with Gasteiger partial charge in [-0.25, -0.2) is 4.79 Å². The topological polar surface area (TPSA) is 32.3 Å². The van der Waals surface area contributed by atoms with Gasteiger partial charge in [0, 0.05) is 24.6 Å². The summed E-state index contributed by atoms with van der Waals surface area (Å²) >= 11 is 3.43. The summed E-state index contributed by atoms with van der Waals surface area (Å²) in [6.07, 6.45) is -3.81. The molecular formula is C18H18BrF3N2O. The van der Waals surface area contributed by atoms with Gasteiger partial charge in [0.15, 0.2) is 0 Å². The fourth-order valence-corrected chi connectivity index (χ4v) is 2.89. The van der Waals surface area contributed by atoms with Crippen molar-refractivity contribution in [1.29, 1.82) is 0 Å². The third kappa shape index (κ3) is 5.49. The fourth-order valence-electron chi connectivity index (χ4n) is 2.40. The minimum Gasteiger partial charge on any atom is -0.338 e. The zero-order chi connectivity index (χ0) is 18.4. The van der Waals surface area contributed by atoms with E-state index in [1.165, 1.54) is 30.1 Å². The van der Waals surface area contributed by atoms with E-state index in [-0.39, 0.29) is 12.1 Å². The van der Waals surface area contributed by atoms with Crippen LogP contribution in [0.25, 0.3) is 0 Å². The lowest BCUT2D eigenvalue weighted by Gasteiger charge is -2.20. The first kappa shape index (κ1) is 19.3. The second-order valence-corrected chi connectivity index (χ2v) is 6.44. The molecule has 2 amide bonds. The van der Waals surface area contributed by atoms with Crippen LogP contribution in [-0.2, 0) is 19.1 Å². The van der Waals surface area contributed by atoms with Crippen molar-refractivity contribution in [2.24, 2.45) is 0 Å². The Labute approximate surface area is 153 Å². The van der Waals surface area contributed by atoms with Crippen molar-refractivity contribution < 1.29 is 18.0 Å². The van der Waals surface area contributed by atoms with Crippen LogP contribution >= 0.6 is 15.9 Å². The van der Waals surface area contributed by atoms with Gasteiger partial charge in [-0.3, -0.25) is 0 Å². The zero-order valence-corrected chi connectivity index (χ0v) is 15.2. The van der Waals surface area contributed by atoms with Crippen molar-refractivity contribution in [3.8, 4) is 0 Å². The van der Waals surface area contributed by atoms with Gasteiger partial charge in [-0.15, -0.1) is 0 Å². The van der Waals surface area contributed by atoms with Gasteiger partial charge in [-0.2, -0.15) is 13.2 Å². The molecule has 0 heterocycles. The Hall–Kier alpha value is -2.02. The summed E-state index contributed by atoms with van der Waals surface area (Å²) in [6, 6.07) is 12.5. The summed E-state index contributed by atoms with van der Waals surface area (Å²) in [5, 5.41) is 2.72. The van der Waals surface area contributed by atoms with Crippen LogP contribution in [0.4, 0.5) is 18.0 Å². The molecule has 3 nitrogen and oxygen atoms in total. The van der Waals surface area contributed by atoms with Gasteiger partial charge in [0.05, 0.1) is 5.56 Å². The molecule has 0 aliphatic heterocycles. The number of amides is 2. The smallest absolute Gasteiger partial charge is 0.338 e. The van der Waals surface area contributed by atoms with Crippen LogP contribution in [0.1, 0.15) is 16.7 Å². The molecule has 0 atom stereocenters. The lowest BCUT2D eigenvalue weighted by Crippen LogP contribution is -2.38. The maximum atomic E-state index is 13.0. The first-order valence-electron chi connectivity index (χ1n) is 7.66. The number of rotatable bonds is 5. The Balaban J connectivity index is 1.92. The minimum absolute atomic E-state index is 0.0680. The minimum atomic E-state index is -4.44. The Morgan fingerprint density at radius 3 is 2.32 bits per heavy atom. The number of benzene rings is 2. The predicted octanol–water partition coefficient (Wildman–Crippen LogP) is 4.85. The van der Waals surface area contributed by atoms with Crippen LogP contribution in [0.2, 0.25) is 0 Å². The van der Waals surface area contributed by atoms with Crippen LogP contribution in [0.3, 0.4) is 0 Å². The molecular weight excluding hydrogens is 397 g/mol. The first-order chi connectivity index (χ1) is 11.8. The van der Waals surface area contributed by atoms with Crippen LogP contribution < -0.4 is 5.32 Å². The van der Waals surface area contributed by atoms with E-state index in [0.717, 1.165) is 16.1 Å². The highest BCUT2D eigenvalue weighted by molar-refractivity contribution is 9.10. The molecule has 0 unspecified atom stereocenters. The summed E-state index contributed by atoms with van der Waals surface area (Å²) in [7, 11) is 1.47. The van der Waals surface area contributed by atoms with Gasteiger partial charge in [0.2, 0.25) is 0 Å². The normalized spacial score (nSPS) is 11.2. The number of nitrogens with one attached hydrogen (secondary N) is 1. The second kappa shape index (κ2) is 8.38. The van der Waals surface area contributed by atoms with E-state index in [9.17, 15) is 18.0 Å². The summed E-state index contributed by atoms with van der Waals surface area (Å²) in [5.74, 6) is 0. The average molecular weight is 415 g/mol. The van der Waals surface area contributed by atoms with Gasteiger partial charge < -0.3 is 10.2 Å². The van der Waals surface area contributed by atoms with Crippen molar-refractivity contribution in [3.63, 3.8) is 0 Å². The molecule has 2 aromatic rings. The number of carbonyl (C=O) groups excluding carboxylic acids is 1. The molecule has 25 heavy (non-hydrogen) atoms. The van der Waals surface area contributed by atoms with Gasteiger partial charge in [0.1, 0.15) is 0 Å². The van der Waals surface area contributed by atoms with Gasteiger partial charge >= 0.3 is 12.2 Å². The summed E-state index contributed by atoms with van der Waals surface area (Å²) in [5.41, 5.74) is 0.397. The molecule has 1 N–H and O–H groups in total. The molecule has 0 spiro atoms. The molecule has 0 bridgehead atoms. The molecule has 0 saturated carbocycles. The molecule has 7 heteroatoms. The maximum Gasteiger partial charge on any atom is 0.416 e. The Bertz CT molecular complexity index is 734. The monoisotopic (exact) mass is 414 g/mol. The SMILES string of the molecule is CN(Cc1ccccc1C(F)(F)F)C(=O)NCCc1ccccc1Br. The Kier molecular flexibility index (Phi) is 6.47. The van der Waals surface area contributed by atoms with E-state index >= 15 is 0 Å². The van der Waals surface area contributed by atoms with Crippen molar-refractivity contribution >= 4 is 22.0 Å². The molecule has 0 aliphatic carbocycles. The summed E-state index contributed by atoms with van der Waals surface area (Å²) in [6.45, 7) is 0.281. The quantitative estimate of drug-likeness (QED) is 0.744. The highest BCUT2D eigenvalue weighted by Crippen LogP contribution is 2.32. The summed E-state index contributed by atoms with van der Waals surface area (Å²) in [4.78, 5) is 13.3. The molecule has 0 saturated heterocycles. The highest BCUT2D eigenvalue weighted by atomic mass is 79.9. The zero-order valence-electron chi connectivity index (χ0n) is 13.6. The van der Waals surface area contributed by atoms with E-state index in [1.807, 2.05) is 24.3 Å². The van der Waals surface area contributed by atoms with Crippen molar-refractivity contribution in [2.45, 2.75) is 19.1 Å². The van der Waals surface area contributed by atoms with Gasteiger partial charge in [-0.1, -0.05) is 52.3 Å². The second-order valence-electron chi connectivity index (χ2n) is 5.58. The molecule has 0 aromatic heterocycles. The average Bonchev–Trinajstić information content (AvgIpc) is 2.56. The number of urea groups is 1. The molecule has 2 aromatic carbocycles. The molecule has 2 rings (SSSR count). The number of hydrogen-bond donors (Lipinski definition) is 1.